The van der Waals surface area contributed by atoms with E-state index in [1.165, 1.54) is 4.68 Å². The molecule has 1 unspecified atom stereocenters. The number of benzene rings is 3. The van der Waals surface area contributed by atoms with Crippen molar-refractivity contribution in [2.24, 2.45) is 13.0 Å². The smallest absolute Gasteiger partial charge is 0.267 e. The van der Waals surface area contributed by atoms with Crippen LogP contribution < -0.4 is 10.3 Å². The van der Waals surface area contributed by atoms with Gasteiger partial charge in [0.15, 0.2) is 0 Å². The van der Waals surface area contributed by atoms with E-state index < -0.39 is 0 Å². The fraction of sp³-hybridized carbons (Fsp3) is 0.185. The van der Waals surface area contributed by atoms with E-state index in [2.05, 4.69) is 5.10 Å². The first kappa shape index (κ1) is 21.5. The topological polar surface area (TPSA) is 64.3 Å². The zero-order valence-corrected chi connectivity index (χ0v) is 18.2. The Bertz CT molecular complexity index is 1250. The van der Waals surface area contributed by atoms with Crippen LogP contribution in [0.1, 0.15) is 12.5 Å². The molecule has 0 fully saturated rings. The maximum Gasteiger partial charge on any atom is 0.267 e. The molecule has 1 aromatic heterocycles. The van der Waals surface area contributed by atoms with E-state index in [9.17, 15) is 9.90 Å². The number of aliphatic hydroxyl groups excluding tert-OH is 1. The van der Waals surface area contributed by atoms with Crippen molar-refractivity contribution in [1.29, 1.82) is 0 Å². The van der Waals surface area contributed by atoms with Crippen molar-refractivity contribution in [2.75, 3.05) is 6.61 Å². The van der Waals surface area contributed by atoms with Gasteiger partial charge in [0.05, 0.1) is 0 Å². The normalized spacial score (nSPS) is 11.8. The largest absolute Gasteiger partial charge is 0.457 e. The highest BCUT2D eigenvalue weighted by Gasteiger charge is 2.16. The van der Waals surface area contributed by atoms with Crippen molar-refractivity contribution in [3.05, 3.63) is 101 Å². The van der Waals surface area contributed by atoms with Gasteiger partial charge in [0, 0.05) is 30.8 Å². The molecule has 0 saturated carbocycles. The number of aliphatic hydroxyl groups is 1. The van der Waals surface area contributed by atoms with Crippen molar-refractivity contribution in [2.45, 2.75) is 13.3 Å². The van der Waals surface area contributed by atoms with Gasteiger partial charge in [-0.05, 0) is 47.7 Å². The van der Waals surface area contributed by atoms with Crippen LogP contribution in [0.2, 0.25) is 0 Å². The monoisotopic (exact) mass is 426 g/mol. The molecule has 1 N–H and O–H groups in total. The molecule has 0 bridgehead atoms. The quantitative estimate of drug-likeness (QED) is 0.448. The molecular weight excluding hydrogens is 400 g/mol. The number of aryl methyl sites for hydroxylation is 1. The molecule has 4 rings (SSSR count). The third-order valence-electron chi connectivity index (χ3n) is 5.37. The number of ether oxygens (including phenoxy) is 1. The van der Waals surface area contributed by atoms with Crippen molar-refractivity contribution in [1.82, 2.24) is 9.78 Å². The molecule has 0 aliphatic rings. The van der Waals surface area contributed by atoms with Crippen molar-refractivity contribution < 1.29 is 9.84 Å². The molecular formula is C27H26N2O3. The minimum Gasteiger partial charge on any atom is -0.457 e. The van der Waals surface area contributed by atoms with Gasteiger partial charge in [-0.15, -0.1) is 0 Å². The van der Waals surface area contributed by atoms with Crippen LogP contribution in [-0.4, -0.2) is 21.5 Å². The zero-order chi connectivity index (χ0) is 22.5. The summed E-state index contributed by atoms with van der Waals surface area (Å²) in [5, 5.41) is 13.9. The van der Waals surface area contributed by atoms with Gasteiger partial charge < -0.3 is 9.84 Å². The van der Waals surface area contributed by atoms with E-state index in [1.54, 1.807) is 13.1 Å². The highest BCUT2D eigenvalue weighted by molar-refractivity contribution is 5.83. The summed E-state index contributed by atoms with van der Waals surface area (Å²) in [6.07, 6.45) is 0.798. The van der Waals surface area contributed by atoms with Gasteiger partial charge in [-0.1, -0.05) is 61.5 Å². The van der Waals surface area contributed by atoms with Crippen LogP contribution in [0.15, 0.2) is 89.7 Å². The first-order chi connectivity index (χ1) is 15.5. The maximum atomic E-state index is 12.5. The van der Waals surface area contributed by atoms with Gasteiger partial charge in [0.1, 0.15) is 17.2 Å². The molecule has 0 amide bonds. The number of para-hydroxylation sites is 2. The average Bonchev–Trinajstić information content (AvgIpc) is 2.82. The molecule has 32 heavy (non-hydrogen) atoms. The van der Waals surface area contributed by atoms with Gasteiger partial charge in [-0.2, -0.15) is 5.10 Å². The second-order valence-electron chi connectivity index (χ2n) is 7.97. The molecule has 1 atom stereocenters. The van der Waals surface area contributed by atoms with Crippen LogP contribution >= 0.6 is 0 Å². The first-order valence-electron chi connectivity index (χ1n) is 10.7. The van der Waals surface area contributed by atoms with Crippen LogP contribution in [0.5, 0.6) is 11.5 Å². The molecule has 0 aliphatic carbocycles. The predicted octanol–water partition coefficient (Wildman–Crippen LogP) is 5.08. The lowest BCUT2D eigenvalue weighted by atomic mass is 9.96. The van der Waals surface area contributed by atoms with Crippen molar-refractivity contribution >= 4 is 0 Å². The second kappa shape index (κ2) is 9.62. The van der Waals surface area contributed by atoms with E-state index in [0.717, 1.165) is 34.4 Å². The van der Waals surface area contributed by atoms with E-state index in [1.807, 2.05) is 85.8 Å². The molecule has 5 heteroatoms. The van der Waals surface area contributed by atoms with Crippen LogP contribution in [0, 0.1) is 5.92 Å². The summed E-state index contributed by atoms with van der Waals surface area (Å²) < 4.78 is 7.49. The van der Waals surface area contributed by atoms with Gasteiger partial charge in [-0.25, -0.2) is 4.68 Å². The number of rotatable bonds is 7. The zero-order valence-electron chi connectivity index (χ0n) is 18.2. The first-order valence-corrected chi connectivity index (χ1v) is 10.7. The highest BCUT2D eigenvalue weighted by Crippen LogP contribution is 2.37. The fourth-order valence-electron chi connectivity index (χ4n) is 3.61. The fourth-order valence-corrected chi connectivity index (χ4v) is 3.61. The Balaban J connectivity index is 1.78. The van der Waals surface area contributed by atoms with Crippen LogP contribution in [0.25, 0.3) is 22.4 Å². The number of hydrogen-bond donors (Lipinski definition) is 1. The molecule has 0 radical (unpaired) electrons. The SMILES string of the molecule is CC(CO)Cc1ccc(-c2cc(=O)n(C)nc2-c2ccccc2Oc2ccccc2)cc1. The highest BCUT2D eigenvalue weighted by atomic mass is 16.5. The summed E-state index contributed by atoms with van der Waals surface area (Å²) in [6, 6.07) is 27.0. The Kier molecular flexibility index (Phi) is 6.47. The van der Waals surface area contributed by atoms with E-state index in [4.69, 9.17) is 4.74 Å². The Morgan fingerprint density at radius 3 is 2.34 bits per heavy atom. The maximum absolute atomic E-state index is 12.5. The second-order valence-corrected chi connectivity index (χ2v) is 7.97. The van der Waals surface area contributed by atoms with E-state index >= 15 is 0 Å². The van der Waals surface area contributed by atoms with Gasteiger partial charge >= 0.3 is 0 Å². The van der Waals surface area contributed by atoms with Crippen molar-refractivity contribution in [3.8, 4) is 33.9 Å². The molecule has 1 heterocycles. The number of aromatic nitrogens is 2. The Morgan fingerprint density at radius 2 is 1.62 bits per heavy atom. The standard InChI is InChI=1S/C27H26N2O3/c1-19(18-30)16-20-12-14-21(15-13-20)24-17-26(31)29(2)28-27(24)23-10-6-7-11-25(23)32-22-8-4-3-5-9-22/h3-15,17,19,30H,16,18H2,1-2H3. The molecule has 162 valence electrons. The summed E-state index contributed by atoms with van der Waals surface area (Å²) in [5.41, 5.74) is 4.10. The molecule has 4 aromatic rings. The third-order valence-corrected chi connectivity index (χ3v) is 5.37. The van der Waals surface area contributed by atoms with Gasteiger partial charge in [0.25, 0.3) is 5.56 Å². The lowest BCUT2D eigenvalue weighted by Crippen LogP contribution is -2.19. The summed E-state index contributed by atoms with van der Waals surface area (Å²) in [6.45, 7) is 2.17. The Hall–Kier alpha value is -3.70. The minimum atomic E-state index is -0.178. The van der Waals surface area contributed by atoms with Gasteiger partial charge in [0.2, 0.25) is 0 Å². The average molecular weight is 427 g/mol. The van der Waals surface area contributed by atoms with Crippen LogP contribution in [0.4, 0.5) is 0 Å². The molecule has 0 aliphatic heterocycles. The van der Waals surface area contributed by atoms with E-state index in [-0.39, 0.29) is 18.1 Å². The lowest BCUT2D eigenvalue weighted by Gasteiger charge is -2.15. The number of hydrogen-bond acceptors (Lipinski definition) is 4. The Morgan fingerprint density at radius 1 is 0.938 bits per heavy atom. The summed E-state index contributed by atoms with van der Waals surface area (Å²) in [4.78, 5) is 12.5. The molecule has 5 nitrogen and oxygen atoms in total. The number of nitrogens with zero attached hydrogens (tertiary/aromatic N) is 2. The predicted molar refractivity (Wildman–Crippen MR) is 127 cm³/mol. The lowest BCUT2D eigenvalue weighted by molar-refractivity contribution is 0.237. The van der Waals surface area contributed by atoms with Gasteiger partial charge in [-0.3, -0.25) is 4.79 Å². The van der Waals surface area contributed by atoms with Crippen LogP contribution in [-0.2, 0) is 13.5 Å². The summed E-state index contributed by atoms with van der Waals surface area (Å²) in [5.74, 6) is 1.59. The third kappa shape index (κ3) is 4.79. The molecule has 3 aromatic carbocycles. The minimum absolute atomic E-state index is 0.156. The molecule has 0 spiro atoms. The van der Waals surface area contributed by atoms with Crippen molar-refractivity contribution in [3.63, 3.8) is 0 Å². The molecule has 0 saturated heterocycles. The van der Waals surface area contributed by atoms with Crippen LogP contribution in [0.3, 0.4) is 0 Å². The summed E-state index contributed by atoms with van der Waals surface area (Å²) >= 11 is 0. The summed E-state index contributed by atoms with van der Waals surface area (Å²) in [7, 11) is 1.65. The van der Waals surface area contributed by atoms with E-state index in [0.29, 0.717) is 11.4 Å². The Labute approximate surface area is 187 Å².